The minimum atomic E-state index is 0. The molecule has 0 radical (unpaired) electrons. The molecule has 1 fully saturated rings. The summed E-state index contributed by atoms with van der Waals surface area (Å²) >= 11 is 0. The number of para-hydroxylation sites is 1. The molecule has 1 amide bonds. The van der Waals surface area contributed by atoms with Gasteiger partial charge in [0.05, 0.1) is 0 Å². The molecule has 2 aromatic carbocycles. The summed E-state index contributed by atoms with van der Waals surface area (Å²) in [6.07, 6.45) is 3.97. The molecular weight excluding hydrogens is 405 g/mol. The topological polar surface area (TPSA) is 44.4 Å². The van der Waals surface area contributed by atoms with Gasteiger partial charge < -0.3 is 15.5 Å². The fraction of sp³-hybridized carbons (Fsp3) is 0.435. The zero-order chi connectivity index (χ0) is 18.5. The lowest BCUT2D eigenvalue weighted by Crippen LogP contribution is -2.23. The van der Waals surface area contributed by atoms with Gasteiger partial charge in [-0.15, -0.1) is 24.8 Å². The molecular formula is C23H31Cl2N3O. The third kappa shape index (κ3) is 6.36. The lowest BCUT2D eigenvalue weighted by Gasteiger charge is -2.19. The number of halogens is 2. The second-order valence-electron chi connectivity index (χ2n) is 7.79. The smallest absolute Gasteiger partial charge is 0.220 e. The Labute approximate surface area is 186 Å². The van der Waals surface area contributed by atoms with E-state index in [1.54, 1.807) is 0 Å². The van der Waals surface area contributed by atoms with Crippen LogP contribution in [0.1, 0.15) is 36.0 Å². The van der Waals surface area contributed by atoms with Gasteiger partial charge in [0.25, 0.3) is 0 Å². The molecule has 158 valence electrons. The van der Waals surface area contributed by atoms with Crippen molar-refractivity contribution < 1.29 is 4.79 Å². The van der Waals surface area contributed by atoms with E-state index in [0.29, 0.717) is 18.9 Å². The van der Waals surface area contributed by atoms with Crippen LogP contribution in [-0.2, 0) is 24.3 Å². The van der Waals surface area contributed by atoms with E-state index >= 15 is 0 Å². The number of anilines is 1. The predicted molar refractivity (Wildman–Crippen MR) is 124 cm³/mol. The van der Waals surface area contributed by atoms with E-state index in [2.05, 4.69) is 64.1 Å². The van der Waals surface area contributed by atoms with Crippen molar-refractivity contribution in [2.45, 2.75) is 38.8 Å². The van der Waals surface area contributed by atoms with Crippen LogP contribution in [0, 0.1) is 5.92 Å². The van der Waals surface area contributed by atoms with Gasteiger partial charge in [-0.05, 0) is 61.0 Å². The second kappa shape index (κ2) is 11.4. The molecule has 2 aromatic rings. The van der Waals surface area contributed by atoms with Gasteiger partial charge in [0.15, 0.2) is 0 Å². The van der Waals surface area contributed by atoms with Crippen LogP contribution in [0.4, 0.5) is 5.69 Å². The number of rotatable bonds is 7. The Morgan fingerprint density at radius 3 is 2.59 bits per heavy atom. The third-order valence-electron chi connectivity index (χ3n) is 5.81. The predicted octanol–water partition coefficient (Wildman–Crippen LogP) is 4.10. The number of carbonyl (C=O) groups excluding carboxylic acids is 1. The van der Waals surface area contributed by atoms with Crippen molar-refractivity contribution in [3.63, 3.8) is 0 Å². The lowest BCUT2D eigenvalue weighted by molar-refractivity contribution is -0.121. The maximum atomic E-state index is 12.0. The van der Waals surface area contributed by atoms with Crippen molar-refractivity contribution >= 4 is 36.4 Å². The molecule has 0 spiro atoms. The van der Waals surface area contributed by atoms with Crippen LogP contribution >= 0.6 is 24.8 Å². The SMILES string of the molecule is Cl.Cl.O=C(CCC1CCNC1)NCc1ccc(CN2CCc3ccccc32)cc1. The molecule has 2 heterocycles. The molecule has 1 atom stereocenters. The molecule has 0 aliphatic carbocycles. The first-order valence-corrected chi connectivity index (χ1v) is 10.2. The summed E-state index contributed by atoms with van der Waals surface area (Å²) in [6.45, 7) is 4.82. The average Bonchev–Trinajstić information content (AvgIpc) is 3.36. The van der Waals surface area contributed by atoms with E-state index in [4.69, 9.17) is 0 Å². The highest BCUT2D eigenvalue weighted by atomic mass is 35.5. The fourth-order valence-corrected chi connectivity index (χ4v) is 4.14. The highest BCUT2D eigenvalue weighted by molar-refractivity contribution is 5.85. The van der Waals surface area contributed by atoms with E-state index in [1.165, 1.54) is 23.2 Å². The number of benzene rings is 2. The van der Waals surface area contributed by atoms with E-state index < -0.39 is 0 Å². The Kier molecular flexibility index (Phi) is 9.28. The molecule has 6 heteroatoms. The van der Waals surface area contributed by atoms with Gasteiger partial charge in [-0.2, -0.15) is 0 Å². The normalized spacial score (nSPS) is 17.2. The van der Waals surface area contributed by atoms with Crippen LogP contribution in [-0.4, -0.2) is 25.5 Å². The molecule has 4 rings (SSSR count). The van der Waals surface area contributed by atoms with E-state index in [9.17, 15) is 4.79 Å². The summed E-state index contributed by atoms with van der Waals surface area (Å²) in [4.78, 5) is 14.5. The highest BCUT2D eigenvalue weighted by Gasteiger charge is 2.18. The third-order valence-corrected chi connectivity index (χ3v) is 5.81. The van der Waals surface area contributed by atoms with Crippen molar-refractivity contribution in [2.75, 3.05) is 24.5 Å². The Morgan fingerprint density at radius 1 is 1.07 bits per heavy atom. The Morgan fingerprint density at radius 2 is 1.83 bits per heavy atom. The van der Waals surface area contributed by atoms with Crippen LogP contribution in [0.3, 0.4) is 0 Å². The van der Waals surface area contributed by atoms with E-state index in [-0.39, 0.29) is 30.7 Å². The van der Waals surface area contributed by atoms with Gasteiger partial charge >= 0.3 is 0 Å². The summed E-state index contributed by atoms with van der Waals surface area (Å²) in [5.74, 6) is 0.838. The van der Waals surface area contributed by atoms with Crippen molar-refractivity contribution in [1.82, 2.24) is 10.6 Å². The number of carbonyl (C=O) groups is 1. The molecule has 0 saturated carbocycles. The molecule has 2 N–H and O–H groups in total. The highest BCUT2D eigenvalue weighted by Crippen LogP contribution is 2.28. The number of hydrogen-bond donors (Lipinski definition) is 2. The van der Waals surface area contributed by atoms with Crippen molar-refractivity contribution in [3.8, 4) is 0 Å². The summed E-state index contributed by atoms with van der Waals surface area (Å²) < 4.78 is 0. The minimum absolute atomic E-state index is 0. The summed E-state index contributed by atoms with van der Waals surface area (Å²) in [5.41, 5.74) is 5.29. The average molecular weight is 436 g/mol. The van der Waals surface area contributed by atoms with Gasteiger partial charge in [0.2, 0.25) is 5.91 Å². The second-order valence-corrected chi connectivity index (χ2v) is 7.79. The number of fused-ring (bicyclic) bond motifs is 1. The van der Waals surface area contributed by atoms with Crippen LogP contribution in [0.5, 0.6) is 0 Å². The number of nitrogens with zero attached hydrogens (tertiary/aromatic N) is 1. The first-order chi connectivity index (χ1) is 13.3. The molecule has 2 aliphatic heterocycles. The summed E-state index contributed by atoms with van der Waals surface area (Å²) in [6, 6.07) is 17.3. The van der Waals surface area contributed by atoms with Gasteiger partial charge in [-0.3, -0.25) is 4.79 Å². The largest absolute Gasteiger partial charge is 0.367 e. The molecule has 0 bridgehead atoms. The van der Waals surface area contributed by atoms with Crippen LogP contribution < -0.4 is 15.5 Å². The molecule has 2 aliphatic rings. The van der Waals surface area contributed by atoms with Crippen molar-refractivity contribution in [1.29, 1.82) is 0 Å². The zero-order valence-electron chi connectivity index (χ0n) is 16.7. The monoisotopic (exact) mass is 435 g/mol. The van der Waals surface area contributed by atoms with Gasteiger partial charge in [-0.25, -0.2) is 0 Å². The van der Waals surface area contributed by atoms with Gasteiger partial charge in [-0.1, -0.05) is 42.5 Å². The van der Waals surface area contributed by atoms with Gasteiger partial charge in [0.1, 0.15) is 0 Å². The van der Waals surface area contributed by atoms with Crippen molar-refractivity contribution in [3.05, 3.63) is 65.2 Å². The minimum Gasteiger partial charge on any atom is -0.367 e. The summed E-state index contributed by atoms with van der Waals surface area (Å²) in [7, 11) is 0. The van der Waals surface area contributed by atoms with Gasteiger partial charge in [0, 0.05) is 31.7 Å². The molecule has 29 heavy (non-hydrogen) atoms. The van der Waals surface area contributed by atoms with E-state index in [0.717, 1.165) is 44.6 Å². The fourth-order valence-electron chi connectivity index (χ4n) is 4.14. The zero-order valence-corrected chi connectivity index (χ0v) is 18.4. The first kappa shape index (κ1) is 23.5. The standard InChI is InChI=1S/C23H29N3O.2ClH/c27-23(10-9-19-11-13-24-15-19)25-16-18-5-7-20(8-6-18)17-26-14-12-21-3-1-2-4-22(21)26;;/h1-8,19,24H,9-17H2,(H,25,27);2*1H. The Bertz CT molecular complexity index is 776. The molecule has 0 aromatic heterocycles. The van der Waals surface area contributed by atoms with E-state index in [1.807, 2.05) is 0 Å². The number of hydrogen-bond acceptors (Lipinski definition) is 3. The van der Waals surface area contributed by atoms with Crippen LogP contribution in [0.2, 0.25) is 0 Å². The Balaban J connectivity index is 0.00000150. The number of amides is 1. The summed E-state index contributed by atoms with van der Waals surface area (Å²) in [5, 5.41) is 6.41. The van der Waals surface area contributed by atoms with Crippen molar-refractivity contribution in [2.24, 2.45) is 5.92 Å². The number of nitrogens with one attached hydrogen (secondary N) is 2. The quantitative estimate of drug-likeness (QED) is 0.687. The maximum Gasteiger partial charge on any atom is 0.220 e. The van der Waals surface area contributed by atoms with Crippen LogP contribution in [0.15, 0.2) is 48.5 Å². The molecule has 4 nitrogen and oxygen atoms in total. The first-order valence-electron chi connectivity index (χ1n) is 10.2. The molecule has 1 saturated heterocycles. The lowest BCUT2D eigenvalue weighted by atomic mass is 10.0. The van der Waals surface area contributed by atoms with Crippen LogP contribution in [0.25, 0.3) is 0 Å². The molecule has 1 unspecified atom stereocenters. The Hall–Kier alpha value is -1.75. The maximum absolute atomic E-state index is 12.0.